The quantitative estimate of drug-likeness (QED) is 0.804. The maximum atomic E-state index is 6.37. The van der Waals surface area contributed by atoms with E-state index in [0.29, 0.717) is 11.8 Å². The van der Waals surface area contributed by atoms with Crippen molar-refractivity contribution in [1.82, 2.24) is 10.1 Å². The van der Waals surface area contributed by atoms with Crippen LogP contribution in [-0.4, -0.2) is 10.1 Å². The van der Waals surface area contributed by atoms with Gasteiger partial charge in [-0.2, -0.15) is 4.98 Å². The molecule has 0 saturated heterocycles. The number of aromatic nitrogens is 2. The monoisotopic (exact) mass is 207 g/mol. The second kappa shape index (κ2) is 3.04. The molecule has 2 unspecified atom stereocenters. The predicted octanol–water partition coefficient (Wildman–Crippen LogP) is 1.92. The van der Waals surface area contributed by atoms with E-state index in [2.05, 4.69) is 17.1 Å². The van der Waals surface area contributed by atoms with Crippen LogP contribution in [0.25, 0.3) is 0 Å². The molecule has 0 bridgehead atoms. The summed E-state index contributed by atoms with van der Waals surface area (Å²) in [6, 6.07) is 0. The van der Waals surface area contributed by atoms with E-state index in [1.54, 1.807) is 0 Å². The molecule has 4 heteroatoms. The summed E-state index contributed by atoms with van der Waals surface area (Å²) in [6.45, 7) is 2.18. The Kier molecular flexibility index (Phi) is 1.89. The smallest absolute Gasteiger partial charge is 0.229 e. The molecule has 2 aliphatic rings. The van der Waals surface area contributed by atoms with Gasteiger partial charge in [-0.05, 0) is 31.6 Å². The highest BCUT2D eigenvalue weighted by Gasteiger charge is 2.43. The molecule has 2 atom stereocenters. The van der Waals surface area contributed by atoms with Crippen molar-refractivity contribution in [3.8, 4) is 0 Å². The van der Waals surface area contributed by atoms with Gasteiger partial charge in [0.05, 0.1) is 5.54 Å². The van der Waals surface area contributed by atoms with Gasteiger partial charge in [0.2, 0.25) is 5.89 Å². The van der Waals surface area contributed by atoms with Crippen molar-refractivity contribution < 1.29 is 4.52 Å². The van der Waals surface area contributed by atoms with Gasteiger partial charge in [0, 0.05) is 5.92 Å². The van der Waals surface area contributed by atoms with Gasteiger partial charge < -0.3 is 10.3 Å². The van der Waals surface area contributed by atoms with E-state index in [4.69, 9.17) is 10.3 Å². The van der Waals surface area contributed by atoms with Crippen LogP contribution in [0.1, 0.15) is 56.7 Å². The van der Waals surface area contributed by atoms with Crippen molar-refractivity contribution in [3.05, 3.63) is 11.7 Å². The van der Waals surface area contributed by atoms with Gasteiger partial charge in [-0.15, -0.1) is 0 Å². The lowest BCUT2D eigenvalue weighted by Gasteiger charge is -2.24. The molecular formula is C11H17N3O. The number of hydrogen-bond acceptors (Lipinski definition) is 4. The minimum Gasteiger partial charge on any atom is -0.339 e. The van der Waals surface area contributed by atoms with Crippen molar-refractivity contribution in [3.63, 3.8) is 0 Å². The van der Waals surface area contributed by atoms with Gasteiger partial charge in [0.15, 0.2) is 5.82 Å². The number of hydrogen-bond donors (Lipinski definition) is 1. The molecule has 4 nitrogen and oxygen atoms in total. The largest absolute Gasteiger partial charge is 0.339 e. The van der Waals surface area contributed by atoms with Crippen LogP contribution in [-0.2, 0) is 5.54 Å². The molecule has 0 amide bonds. The maximum Gasteiger partial charge on any atom is 0.229 e. The molecule has 2 N–H and O–H groups in total. The topological polar surface area (TPSA) is 64.9 Å². The van der Waals surface area contributed by atoms with Crippen molar-refractivity contribution in [2.24, 2.45) is 11.7 Å². The Labute approximate surface area is 89.2 Å². The zero-order valence-electron chi connectivity index (χ0n) is 9.07. The summed E-state index contributed by atoms with van der Waals surface area (Å²) in [7, 11) is 0. The van der Waals surface area contributed by atoms with Crippen molar-refractivity contribution in [1.29, 1.82) is 0 Å². The Hall–Kier alpha value is -0.900. The lowest BCUT2D eigenvalue weighted by Crippen LogP contribution is -2.40. The summed E-state index contributed by atoms with van der Waals surface area (Å²) in [5, 5.41) is 4.07. The molecular weight excluding hydrogens is 190 g/mol. The fourth-order valence-corrected chi connectivity index (χ4v) is 2.46. The minimum atomic E-state index is -0.337. The van der Waals surface area contributed by atoms with Gasteiger partial charge in [-0.25, -0.2) is 0 Å². The Bertz CT molecular complexity index is 372. The third-order valence-electron chi connectivity index (χ3n) is 3.89. The third kappa shape index (κ3) is 1.39. The van der Waals surface area contributed by atoms with Crippen LogP contribution in [0.3, 0.4) is 0 Å². The Morgan fingerprint density at radius 3 is 2.80 bits per heavy atom. The molecule has 2 aliphatic carbocycles. The van der Waals surface area contributed by atoms with E-state index in [0.717, 1.165) is 18.1 Å². The van der Waals surface area contributed by atoms with Crippen LogP contribution in [0.15, 0.2) is 4.52 Å². The Morgan fingerprint density at radius 2 is 2.20 bits per heavy atom. The standard InChI is InChI=1S/C11H17N3O/c1-7-3-2-6-11(7,12)10-13-9(15-14-10)8-4-5-8/h7-8H,2-6,12H2,1H3. The summed E-state index contributed by atoms with van der Waals surface area (Å²) >= 11 is 0. The van der Waals surface area contributed by atoms with Gasteiger partial charge in [-0.3, -0.25) is 0 Å². The molecule has 0 aliphatic heterocycles. The number of nitrogens with zero attached hydrogens (tertiary/aromatic N) is 2. The molecule has 1 aromatic heterocycles. The molecule has 2 saturated carbocycles. The SMILES string of the molecule is CC1CCCC1(N)c1noc(C2CC2)n1. The van der Waals surface area contributed by atoms with E-state index >= 15 is 0 Å². The van der Waals surface area contributed by atoms with E-state index in [-0.39, 0.29) is 5.54 Å². The zero-order valence-corrected chi connectivity index (χ0v) is 9.07. The fourth-order valence-electron chi connectivity index (χ4n) is 2.46. The van der Waals surface area contributed by atoms with Crippen LogP contribution in [0.4, 0.5) is 0 Å². The van der Waals surface area contributed by atoms with E-state index in [1.807, 2.05) is 0 Å². The third-order valence-corrected chi connectivity index (χ3v) is 3.89. The molecule has 0 radical (unpaired) electrons. The highest BCUT2D eigenvalue weighted by molar-refractivity contribution is 5.11. The Morgan fingerprint density at radius 1 is 1.40 bits per heavy atom. The molecule has 2 fully saturated rings. The summed E-state index contributed by atoms with van der Waals surface area (Å²) in [5.74, 6) is 2.51. The van der Waals surface area contributed by atoms with Crippen LogP contribution < -0.4 is 5.73 Å². The normalized spacial score (nSPS) is 36.0. The minimum absolute atomic E-state index is 0.337. The predicted molar refractivity (Wildman–Crippen MR) is 55.2 cm³/mol. The van der Waals surface area contributed by atoms with E-state index in [9.17, 15) is 0 Å². The van der Waals surface area contributed by atoms with Gasteiger partial charge >= 0.3 is 0 Å². The summed E-state index contributed by atoms with van der Waals surface area (Å²) in [4.78, 5) is 4.47. The second-order valence-corrected chi connectivity index (χ2v) is 5.06. The van der Waals surface area contributed by atoms with Crippen molar-refractivity contribution in [2.45, 2.75) is 50.5 Å². The van der Waals surface area contributed by atoms with Crippen molar-refractivity contribution >= 4 is 0 Å². The average molecular weight is 207 g/mol. The van der Waals surface area contributed by atoms with Crippen LogP contribution in [0.5, 0.6) is 0 Å². The number of nitrogens with two attached hydrogens (primary N) is 1. The second-order valence-electron chi connectivity index (χ2n) is 5.06. The van der Waals surface area contributed by atoms with Crippen molar-refractivity contribution in [2.75, 3.05) is 0 Å². The van der Waals surface area contributed by atoms with Gasteiger partial charge in [0.25, 0.3) is 0 Å². The molecule has 0 spiro atoms. The Balaban J connectivity index is 1.90. The van der Waals surface area contributed by atoms with Crippen LogP contribution >= 0.6 is 0 Å². The van der Waals surface area contributed by atoms with E-state index in [1.165, 1.54) is 25.7 Å². The van der Waals surface area contributed by atoms with Gasteiger partial charge in [-0.1, -0.05) is 18.5 Å². The summed E-state index contributed by atoms with van der Waals surface area (Å²) in [6.07, 6.45) is 5.70. The van der Waals surface area contributed by atoms with Crippen LogP contribution in [0, 0.1) is 5.92 Å². The van der Waals surface area contributed by atoms with Crippen LogP contribution in [0.2, 0.25) is 0 Å². The molecule has 0 aromatic carbocycles. The first-order chi connectivity index (χ1) is 7.20. The molecule has 1 heterocycles. The first-order valence-electron chi connectivity index (χ1n) is 5.83. The average Bonchev–Trinajstić information content (AvgIpc) is 2.85. The molecule has 3 rings (SSSR count). The first kappa shape index (κ1) is 9.33. The molecule has 15 heavy (non-hydrogen) atoms. The molecule has 1 aromatic rings. The maximum absolute atomic E-state index is 6.37. The van der Waals surface area contributed by atoms with Gasteiger partial charge in [0.1, 0.15) is 0 Å². The summed E-state index contributed by atoms with van der Waals surface area (Å²) < 4.78 is 5.27. The zero-order chi connectivity index (χ0) is 10.5. The number of rotatable bonds is 2. The summed E-state index contributed by atoms with van der Waals surface area (Å²) in [5.41, 5.74) is 6.04. The highest BCUT2D eigenvalue weighted by atomic mass is 16.5. The van der Waals surface area contributed by atoms with E-state index < -0.39 is 0 Å². The lowest BCUT2D eigenvalue weighted by atomic mass is 9.89. The fraction of sp³-hybridized carbons (Fsp3) is 0.818. The molecule has 82 valence electrons. The lowest BCUT2D eigenvalue weighted by molar-refractivity contribution is 0.304. The first-order valence-corrected chi connectivity index (χ1v) is 5.83. The highest BCUT2D eigenvalue weighted by Crippen LogP contribution is 2.43.